The molecule has 0 aromatic carbocycles. The highest BCUT2D eigenvalue weighted by Crippen LogP contribution is 2.15. The lowest BCUT2D eigenvalue weighted by Gasteiger charge is -2.20. The molecule has 3 rings (SSSR count). The molecule has 0 saturated carbocycles. The summed E-state index contributed by atoms with van der Waals surface area (Å²) in [6.45, 7) is 2.19. The fraction of sp³-hybridized carbons (Fsp3) is 0.545. The fourth-order valence-electron chi connectivity index (χ4n) is 2.15. The van der Waals surface area contributed by atoms with Crippen LogP contribution in [-0.4, -0.2) is 33.3 Å². The highest BCUT2D eigenvalue weighted by Gasteiger charge is 2.16. The maximum absolute atomic E-state index is 5.21. The van der Waals surface area contributed by atoms with Crippen LogP contribution >= 0.6 is 0 Å². The van der Waals surface area contributed by atoms with Gasteiger partial charge in [0.05, 0.1) is 6.26 Å². The van der Waals surface area contributed by atoms with Crippen molar-refractivity contribution in [3.63, 3.8) is 0 Å². The van der Waals surface area contributed by atoms with Gasteiger partial charge < -0.3 is 9.73 Å². The van der Waals surface area contributed by atoms with Crippen molar-refractivity contribution < 1.29 is 4.42 Å². The lowest BCUT2D eigenvalue weighted by Crippen LogP contribution is -2.28. The van der Waals surface area contributed by atoms with Gasteiger partial charge >= 0.3 is 0 Å². The maximum Gasteiger partial charge on any atom is 0.239 e. The van der Waals surface area contributed by atoms with Crippen molar-refractivity contribution in [2.45, 2.75) is 19.3 Å². The minimum Gasteiger partial charge on any atom is -0.445 e. The summed E-state index contributed by atoms with van der Waals surface area (Å²) in [5.74, 6) is 2.08. The summed E-state index contributed by atoms with van der Waals surface area (Å²) < 4.78 is 5.21. The smallest absolute Gasteiger partial charge is 0.239 e. The zero-order valence-electron chi connectivity index (χ0n) is 9.54. The number of aromatic nitrogens is 4. The zero-order chi connectivity index (χ0) is 11.5. The van der Waals surface area contributed by atoms with Crippen LogP contribution in [0.5, 0.6) is 0 Å². The predicted octanol–water partition coefficient (Wildman–Crippen LogP) is 0.797. The van der Waals surface area contributed by atoms with Crippen molar-refractivity contribution in [3.05, 3.63) is 24.2 Å². The van der Waals surface area contributed by atoms with Gasteiger partial charge in [-0.2, -0.15) is 0 Å². The van der Waals surface area contributed by atoms with E-state index in [0.717, 1.165) is 25.3 Å². The van der Waals surface area contributed by atoms with Gasteiger partial charge in [-0.05, 0) is 43.1 Å². The van der Waals surface area contributed by atoms with Crippen LogP contribution in [0.15, 0.2) is 22.8 Å². The monoisotopic (exact) mass is 233 g/mol. The molecule has 0 bridgehead atoms. The first-order chi connectivity index (χ1) is 8.42. The Labute approximate surface area is 99.0 Å². The van der Waals surface area contributed by atoms with Gasteiger partial charge in [0.1, 0.15) is 0 Å². The van der Waals surface area contributed by atoms with E-state index in [4.69, 9.17) is 4.42 Å². The lowest BCUT2D eigenvalue weighted by atomic mass is 9.94. The molecule has 0 aliphatic carbocycles. The number of furan rings is 1. The molecule has 2 aromatic heterocycles. The molecule has 0 unspecified atom stereocenters. The number of nitrogens with one attached hydrogen (secondary N) is 1. The van der Waals surface area contributed by atoms with Crippen LogP contribution in [0.2, 0.25) is 0 Å². The van der Waals surface area contributed by atoms with Crippen molar-refractivity contribution >= 4 is 0 Å². The third-order valence-electron chi connectivity index (χ3n) is 3.09. The molecule has 0 radical (unpaired) electrons. The van der Waals surface area contributed by atoms with Gasteiger partial charge in [0, 0.05) is 12.5 Å². The topological polar surface area (TPSA) is 68.8 Å². The van der Waals surface area contributed by atoms with Crippen molar-refractivity contribution in [2.75, 3.05) is 13.1 Å². The second-order valence-electron chi connectivity index (χ2n) is 4.34. The number of nitrogens with zero attached hydrogens (tertiary/aromatic N) is 4. The van der Waals surface area contributed by atoms with E-state index < -0.39 is 0 Å². The average molecular weight is 233 g/mol. The summed E-state index contributed by atoms with van der Waals surface area (Å²) in [5, 5.41) is 15.7. The van der Waals surface area contributed by atoms with Crippen molar-refractivity contribution in [2.24, 2.45) is 5.92 Å². The van der Waals surface area contributed by atoms with E-state index in [1.54, 1.807) is 6.26 Å². The quantitative estimate of drug-likeness (QED) is 0.849. The van der Waals surface area contributed by atoms with Crippen LogP contribution in [0, 0.1) is 5.92 Å². The minimum atomic E-state index is 0.606. The summed E-state index contributed by atoms with van der Waals surface area (Å²) in [6, 6.07) is 3.63. The molecule has 0 atom stereocenters. The van der Waals surface area contributed by atoms with Crippen molar-refractivity contribution in [1.29, 1.82) is 0 Å². The molecule has 1 N–H and O–H groups in total. The molecular formula is C11H15N5O. The highest BCUT2D eigenvalue weighted by atomic mass is 16.3. The number of rotatable bonds is 3. The van der Waals surface area contributed by atoms with Crippen LogP contribution < -0.4 is 5.32 Å². The predicted molar refractivity (Wildman–Crippen MR) is 60.7 cm³/mol. The van der Waals surface area contributed by atoms with Gasteiger partial charge in [-0.3, -0.25) is 0 Å². The first-order valence-electron chi connectivity index (χ1n) is 5.95. The molecule has 2 aromatic rings. The Hall–Kier alpha value is -1.69. The molecule has 1 fully saturated rings. The summed E-state index contributed by atoms with van der Waals surface area (Å²) in [6.07, 6.45) is 4.89. The zero-order valence-corrected chi connectivity index (χ0v) is 9.54. The molecule has 90 valence electrons. The summed E-state index contributed by atoms with van der Waals surface area (Å²) in [4.78, 5) is 1.44. The molecule has 6 nitrogen and oxygen atoms in total. The van der Waals surface area contributed by atoms with E-state index in [1.165, 1.54) is 17.6 Å². The largest absolute Gasteiger partial charge is 0.445 e. The van der Waals surface area contributed by atoms with Gasteiger partial charge in [0.2, 0.25) is 5.88 Å². The average Bonchev–Trinajstić information content (AvgIpc) is 3.00. The van der Waals surface area contributed by atoms with Gasteiger partial charge in [-0.1, -0.05) is 4.80 Å². The van der Waals surface area contributed by atoms with Gasteiger partial charge in [-0.25, -0.2) is 0 Å². The Bertz CT molecular complexity index is 458. The lowest BCUT2D eigenvalue weighted by molar-refractivity contribution is 0.367. The highest BCUT2D eigenvalue weighted by molar-refractivity contribution is 5.12. The van der Waals surface area contributed by atoms with E-state index in [0.29, 0.717) is 11.8 Å². The van der Waals surface area contributed by atoms with Crippen molar-refractivity contribution in [3.8, 4) is 5.88 Å². The number of piperidine rings is 1. The van der Waals surface area contributed by atoms with E-state index in [1.807, 2.05) is 12.1 Å². The Balaban J connectivity index is 1.68. The molecule has 0 spiro atoms. The maximum atomic E-state index is 5.21. The molecule has 3 heterocycles. The second kappa shape index (κ2) is 4.67. The Morgan fingerprint density at radius 1 is 1.41 bits per heavy atom. The first kappa shape index (κ1) is 10.5. The Morgan fingerprint density at radius 2 is 2.29 bits per heavy atom. The van der Waals surface area contributed by atoms with Crippen LogP contribution in [0.1, 0.15) is 18.7 Å². The van der Waals surface area contributed by atoms with Crippen LogP contribution in [0.25, 0.3) is 5.88 Å². The van der Waals surface area contributed by atoms with Crippen LogP contribution in [-0.2, 0) is 6.42 Å². The Morgan fingerprint density at radius 3 is 3.06 bits per heavy atom. The second-order valence-corrected chi connectivity index (χ2v) is 4.34. The minimum absolute atomic E-state index is 0.606. The van der Waals surface area contributed by atoms with Gasteiger partial charge in [0.15, 0.2) is 5.82 Å². The van der Waals surface area contributed by atoms with E-state index in [9.17, 15) is 0 Å². The number of hydrogen-bond donors (Lipinski definition) is 1. The van der Waals surface area contributed by atoms with Gasteiger partial charge in [-0.15, -0.1) is 10.2 Å². The normalized spacial score (nSPS) is 17.4. The molecule has 6 heteroatoms. The van der Waals surface area contributed by atoms with E-state index in [2.05, 4.69) is 20.7 Å². The van der Waals surface area contributed by atoms with Crippen molar-refractivity contribution in [1.82, 2.24) is 25.5 Å². The van der Waals surface area contributed by atoms with E-state index >= 15 is 0 Å². The molecule has 1 saturated heterocycles. The fourth-order valence-corrected chi connectivity index (χ4v) is 2.15. The van der Waals surface area contributed by atoms with Crippen LogP contribution in [0.4, 0.5) is 0 Å². The number of hydrogen-bond acceptors (Lipinski definition) is 5. The van der Waals surface area contributed by atoms with E-state index in [-0.39, 0.29) is 0 Å². The number of tetrazole rings is 1. The molecule has 1 aliphatic rings. The summed E-state index contributed by atoms with van der Waals surface area (Å²) in [5.41, 5.74) is 0. The molecule has 1 aliphatic heterocycles. The standard InChI is InChI=1S/C11H15N5O/c1-2-11(17-7-1)16-14-10(13-15-16)8-9-3-5-12-6-4-9/h1-2,7,9,12H,3-6,8H2. The third-order valence-corrected chi connectivity index (χ3v) is 3.09. The third kappa shape index (κ3) is 2.36. The molecular weight excluding hydrogens is 218 g/mol. The SMILES string of the molecule is c1coc(-n2nnc(CC3CCNCC3)n2)c1. The van der Waals surface area contributed by atoms with Crippen LogP contribution in [0.3, 0.4) is 0 Å². The summed E-state index contributed by atoms with van der Waals surface area (Å²) >= 11 is 0. The van der Waals surface area contributed by atoms with Gasteiger partial charge in [0.25, 0.3) is 0 Å². The molecule has 0 amide bonds. The molecule has 17 heavy (non-hydrogen) atoms. The summed E-state index contributed by atoms with van der Waals surface area (Å²) in [7, 11) is 0. The first-order valence-corrected chi connectivity index (χ1v) is 5.95. The Kier molecular flexibility index (Phi) is 2.87.